The molecule has 0 atom stereocenters. The maximum Gasteiger partial charge on any atom is 0.235 e. The van der Waals surface area contributed by atoms with E-state index in [0.717, 1.165) is 62.3 Å². The second kappa shape index (κ2) is 11.2. The highest BCUT2D eigenvalue weighted by atomic mass is 35.5. The molecule has 0 spiro atoms. The van der Waals surface area contributed by atoms with E-state index < -0.39 is 5.41 Å². The Bertz CT molecular complexity index is 852. The van der Waals surface area contributed by atoms with E-state index in [-0.39, 0.29) is 5.91 Å². The van der Waals surface area contributed by atoms with E-state index in [2.05, 4.69) is 10.2 Å². The fraction of sp³-hybridized carbons (Fsp3) is 0.519. The van der Waals surface area contributed by atoms with E-state index in [1.165, 1.54) is 38.8 Å². The lowest BCUT2D eigenvalue weighted by Crippen LogP contribution is -2.37. The maximum atomic E-state index is 13.3. The molecule has 2 aromatic carbocycles. The molecule has 1 heterocycles. The molecule has 1 aliphatic heterocycles. The molecule has 0 unspecified atom stereocenters. The molecule has 1 amide bonds. The lowest BCUT2D eigenvalue weighted by Gasteiger charge is -2.28. The molecule has 5 heteroatoms. The van der Waals surface area contributed by atoms with Gasteiger partial charge in [-0.1, -0.05) is 49.4 Å². The molecule has 0 bridgehead atoms. The third-order valence-electron chi connectivity index (χ3n) is 6.99. The molecule has 32 heavy (non-hydrogen) atoms. The van der Waals surface area contributed by atoms with Gasteiger partial charge in [0, 0.05) is 17.3 Å². The molecule has 172 valence electrons. The van der Waals surface area contributed by atoms with Crippen LogP contribution in [0.3, 0.4) is 0 Å². The van der Waals surface area contributed by atoms with Crippen LogP contribution in [0.15, 0.2) is 48.5 Å². The predicted molar refractivity (Wildman–Crippen MR) is 132 cm³/mol. The number of carbonyl (C=O) groups is 1. The molecule has 0 aromatic heterocycles. The summed E-state index contributed by atoms with van der Waals surface area (Å²) in [5.41, 5.74) is 1.40. The van der Waals surface area contributed by atoms with Gasteiger partial charge in [0.05, 0.1) is 12.0 Å². The molecule has 2 aliphatic rings. The van der Waals surface area contributed by atoms with Gasteiger partial charge in [0.2, 0.25) is 5.91 Å². The molecule has 4 nitrogen and oxygen atoms in total. The lowest BCUT2D eigenvalue weighted by molar-refractivity contribution is -0.121. The van der Waals surface area contributed by atoms with Crippen LogP contribution in [0.4, 0.5) is 5.69 Å². The smallest absolute Gasteiger partial charge is 0.235 e. The van der Waals surface area contributed by atoms with Crippen LogP contribution in [0.25, 0.3) is 0 Å². The Hall–Kier alpha value is -2.04. The number of nitrogens with one attached hydrogen (secondary N) is 1. The quantitative estimate of drug-likeness (QED) is 0.467. The monoisotopic (exact) mass is 454 g/mol. The minimum absolute atomic E-state index is 0.0726. The summed E-state index contributed by atoms with van der Waals surface area (Å²) in [5.74, 6) is 0.926. The van der Waals surface area contributed by atoms with Crippen LogP contribution >= 0.6 is 11.6 Å². The van der Waals surface area contributed by atoms with Crippen molar-refractivity contribution in [1.29, 1.82) is 0 Å². The zero-order valence-corrected chi connectivity index (χ0v) is 19.7. The van der Waals surface area contributed by atoms with Crippen LogP contribution in [-0.4, -0.2) is 37.0 Å². The van der Waals surface area contributed by atoms with Crippen LogP contribution in [0.1, 0.15) is 63.4 Å². The van der Waals surface area contributed by atoms with Gasteiger partial charge in [0.25, 0.3) is 0 Å². The van der Waals surface area contributed by atoms with Crippen LogP contribution in [0, 0.1) is 0 Å². The SMILES string of the molecule is O=C(Nc1ccc(OCCCN2CCCCCC2)cc1)C1(c2ccc(Cl)cc2)CCCC1. The highest BCUT2D eigenvalue weighted by molar-refractivity contribution is 6.30. The first kappa shape index (κ1) is 23.1. The molecule has 1 N–H and O–H groups in total. The van der Waals surface area contributed by atoms with Gasteiger partial charge in [-0.25, -0.2) is 0 Å². The van der Waals surface area contributed by atoms with Gasteiger partial charge >= 0.3 is 0 Å². The first-order valence-electron chi connectivity index (χ1n) is 12.2. The number of hydrogen-bond donors (Lipinski definition) is 1. The maximum absolute atomic E-state index is 13.3. The highest BCUT2D eigenvalue weighted by Crippen LogP contribution is 2.42. The Morgan fingerprint density at radius 3 is 2.22 bits per heavy atom. The minimum atomic E-state index is -0.465. The number of nitrogens with zero attached hydrogens (tertiary/aromatic N) is 1. The van der Waals surface area contributed by atoms with Crippen molar-refractivity contribution in [3.05, 3.63) is 59.1 Å². The Morgan fingerprint density at radius 2 is 1.56 bits per heavy atom. The second-order valence-electron chi connectivity index (χ2n) is 9.23. The van der Waals surface area contributed by atoms with Gasteiger partial charge < -0.3 is 15.0 Å². The van der Waals surface area contributed by atoms with E-state index >= 15 is 0 Å². The zero-order chi connectivity index (χ0) is 22.2. The number of ether oxygens (including phenoxy) is 1. The lowest BCUT2D eigenvalue weighted by atomic mass is 9.78. The summed E-state index contributed by atoms with van der Waals surface area (Å²) in [4.78, 5) is 15.9. The number of anilines is 1. The molecule has 4 rings (SSSR count). The summed E-state index contributed by atoms with van der Waals surface area (Å²) in [6, 6.07) is 15.5. The number of hydrogen-bond acceptors (Lipinski definition) is 3. The molecular weight excluding hydrogens is 420 g/mol. The van der Waals surface area contributed by atoms with E-state index in [4.69, 9.17) is 16.3 Å². The van der Waals surface area contributed by atoms with Gasteiger partial charge in [-0.3, -0.25) is 4.79 Å². The Labute approximate surface area is 197 Å². The fourth-order valence-electron chi connectivity index (χ4n) is 5.12. The van der Waals surface area contributed by atoms with Gasteiger partial charge in [0.15, 0.2) is 0 Å². The van der Waals surface area contributed by atoms with Crippen LogP contribution < -0.4 is 10.1 Å². The van der Waals surface area contributed by atoms with Crippen molar-refractivity contribution in [3.8, 4) is 5.75 Å². The molecule has 2 aromatic rings. The summed E-state index contributed by atoms with van der Waals surface area (Å²) in [6.07, 6.45) is 10.3. The van der Waals surface area contributed by atoms with Crippen molar-refractivity contribution >= 4 is 23.2 Å². The summed E-state index contributed by atoms with van der Waals surface area (Å²) < 4.78 is 5.94. The van der Waals surface area contributed by atoms with Gasteiger partial charge in [-0.15, -0.1) is 0 Å². The summed E-state index contributed by atoms with van der Waals surface area (Å²) in [6.45, 7) is 4.29. The fourth-order valence-corrected chi connectivity index (χ4v) is 5.24. The number of carbonyl (C=O) groups excluding carboxylic acids is 1. The third kappa shape index (κ3) is 5.85. The average Bonchev–Trinajstić information content (AvgIpc) is 3.17. The first-order valence-corrected chi connectivity index (χ1v) is 12.6. The van der Waals surface area contributed by atoms with Crippen molar-refractivity contribution < 1.29 is 9.53 Å². The first-order chi connectivity index (χ1) is 15.7. The molecule has 1 saturated carbocycles. The Kier molecular flexibility index (Phi) is 8.10. The van der Waals surface area contributed by atoms with Crippen molar-refractivity contribution in [2.24, 2.45) is 0 Å². The summed E-state index contributed by atoms with van der Waals surface area (Å²) in [7, 11) is 0. The van der Waals surface area contributed by atoms with Crippen LogP contribution in [0.5, 0.6) is 5.75 Å². The summed E-state index contributed by atoms with van der Waals surface area (Å²) in [5, 5.41) is 3.85. The van der Waals surface area contributed by atoms with Crippen molar-refractivity contribution in [3.63, 3.8) is 0 Å². The standard InChI is InChI=1S/C27H35ClN2O2/c28-23-10-8-22(9-11-23)27(16-3-4-17-27)26(31)29-24-12-14-25(15-13-24)32-21-7-20-30-18-5-1-2-6-19-30/h8-15H,1-7,16-21H2,(H,29,31). The van der Waals surface area contributed by atoms with E-state index in [0.29, 0.717) is 5.02 Å². The molecular formula is C27H35ClN2O2. The molecule has 2 fully saturated rings. The van der Waals surface area contributed by atoms with Crippen LogP contribution in [0.2, 0.25) is 5.02 Å². The summed E-state index contributed by atoms with van der Waals surface area (Å²) >= 11 is 6.06. The average molecular weight is 455 g/mol. The minimum Gasteiger partial charge on any atom is -0.494 e. The molecule has 1 saturated heterocycles. The van der Waals surface area contributed by atoms with Crippen molar-refractivity contribution in [1.82, 2.24) is 4.90 Å². The highest BCUT2D eigenvalue weighted by Gasteiger charge is 2.42. The predicted octanol–water partition coefficient (Wildman–Crippen LogP) is 6.44. The third-order valence-corrected chi connectivity index (χ3v) is 7.24. The Balaban J connectivity index is 1.29. The van der Waals surface area contributed by atoms with Crippen LogP contribution in [-0.2, 0) is 10.2 Å². The van der Waals surface area contributed by atoms with E-state index in [1.807, 2.05) is 48.5 Å². The largest absolute Gasteiger partial charge is 0.494 e. The number of benzene rings is 2. The zero-order valence-electron chi connectivity index (χ0n) is 19.0. The number of likely N-dealkylation sites (tertiary alicyclic amines) is 1. The van der Waals surface area contributed by atoms with Gasteiger partial charge in [0.1, 0.15) is 5.75 Å². The van der Waals surface area contributed by atoms with E-state index in [1.54, 1.807) is 0 Å². The van der Waals surface area contributed by atoms with E-state index in [9.17, 15) is 4.79 Å². The second-order valence-corrected chi connectivity index (χ2v) is 9.67. The van der Waals surface area contributed by atoms with Gasteiger partial charge in [-0.05, 0) is 87.2 Å². The normalized spacial score (nSPS) is 18.8. The number of halogens is 1. The van der Waals surface area contributed by atoms with Gasteiger partial charge in [-0.2, -0.15) is 0 Å². The molecule has 0 radical (unpaired) electrons. The van der Waals surface area contributed by atoms with Crippen molar-refractivity contribution in [2.75, 3.05) is 31.6 Å². The topological polar surface area (TPSA) is 41.6 Å². The van der Waals surface area contributed by atoms with Crippen molar-refractivity contribution in [2.45, 2.75) is 63.2 Å². The molecule has 1 aliphatic carbocycles. The Morgan fingerprint density at radius 1 is 0.906 bits per heavy atom. The number of rotatable bonds is 8. The number of amides is 1.